The van der Waals surface area contributed by atoms with Crippen molar-refractivity contribution in [1.82, 2.24) is 9.97 Å². The normalized spacial score (nSPS) is 14.2. The van der Waals surface area contributed by atoms with Crippen LogP contribution in [0, 0.1) is 0 Å². The largest absolute Gasteiger partial charge is 0.353 e. The lowest BCUT2D eigenvalue weighted by Gasteiger charge is -2.03. The summed E-state index contributed by atoms with van der Waals surface area (Å²) in [4.78, 5) is 8.59. The number of fused-ring (bicyclic) bond motifs is 1. The van der Waals surface area contributed by atoms with Gasteiger partial charge in [0.1, 0.15) is 0 Å². The Labute approximate surface area is 81.3 Å². The third-order valence-corrected chi connectivity index (χ3v) is 2.87. The second kappa shape index (κ2) is 3.93. The number of nitrogens with zero attached hydrogens (tertiary/aromatic N) is 2. The van der Waals surface area contributed by atoms with E-state index < -0.39 is 0 Å². The molecule has 5 heteroatoms. The van der Waals surface area contributed by atoms with Crippen molar-refractivity contribution >= 4 is 17.7 Å². The molecule has 1 aliphatic rings. The first kappa shape index (κ1) is 8.77. The second-order valence-corrected chi connectivity index (χ2v) is 3.86. The number of anilines is 1. The molecule has 0 unspecified atom stereocenters. The van der Waals surface area contributed by atoms with E-state index in [2.05, 4.69) is 15.3 Å². The van der Waals surface area contributed by atoms with Gasteiger partial charge in [-0.25, -0.2) is 9.97 Å². The Morgan fingerprint density at radius 3 is 3.31 bits per heavy atom. The van der Waals surface area contributed by atoms with Gasteiger partial charge in [0.25, 0.3) is 0 Å². The maximum Gasteiger partial charge on any atom is 0.222 e. The van der Waals surface area contributed by atoms with Crippen molar-refractivity contribution in [1.29, 1.82) is 0 Å². The number of thioether (sulfide) groups is 1. The number of nitrogens with two attached hydrogens (primary N) is 1. The highest BCUT2D eigenvalue weighted by Crippen LogP contribution is 2.27. The summed E-state index contributed by atoms with van der Waals surface area (Å²) in [5.41, 5.74) is 7.80. The molecule has 0 spiro atoms. The van der Waals surface area contributed by atoms with Crippen LogP contribution in [0.1, 0.15) is 11.3 Å². The molecule has 1 aromatic rings. The van der Waals surface area contributed by atoms with Crippen LogP contribution >= 0.6 is 11.8 Å². The maximum atomic E-state index is 5.37. The van der Waals surface area contributed by atoms with Gasteiger partial charge in [0.2, 0.25) is 5.95 Å². The summed E-state index contributed by atoms with van der Waals surface area (Å²) in [6, 6.07) is 0. The van der Waals surface area contributed by atoms with Crippen LogP contribution in [0.5, 0.6) is 0 Å². The SMILES string of the molecule is NCCNc1ncc2c(n1)CSC2. The smallest absolute Gasteiger partial charge is 0.222 e. The van der Waals surface area contributed by atoms with Crippen molar-refractivity contribution in [3.05, 3.63) is 17.5 Å². The van der Waals surface area contributed by atoms with Crippen LogP contribution in [-0.4, -0.2) is 23.1 Å². The zero-order valence-electron chi connectivity index (χ0n) is 7.29. The lowest BCUT2D eigenvalue weighted by molar-refractivity contribution is 0.972. The van der Waals surface area contributed by atoms with E-state index in [1.807, 2.05) is 18.0 Å². The molecule has 3 N–H and O–H groups in total. The maximum absolute atomic E-state index is 5.37. The van der Waals surface area contributed by atoms with Crippen molar-refractivity contribution in [3.63, 3.8) is 0 Å². The quantitative estimate of drug-likeness (QED) is 0.741. The van der Waals surface area contributed by atoms with E-state index in [0.717, 1.165) is 18.1 Å². The minimum Gasteiger partial charge on any atom is -0.353 e. The van der Waals surface area contributed by atoms with Gasteiger partial charge < -0.3 is 11.1 Å². The van der Waals surface area contributed by atoms with E-state index in [-0.39, 0.29) is 0 Å². The van der Waals surface area contributed by atoms with Crippen molar-refractivity contribution < 1.29 is 0 Å². The van der Waals surface area contributed by atoms with E-state index in [1.54, 1.807) is 0 Å². The summed E-state index contributed by atoms with van der Waals surface area (Å²) < 4.78 is 0. The molecule has 0 radical (unpaired) electrons. The predicted molar refractivity (Wildman–Crippen MR) is 54.6 cm³/mol. The van der Waals surface area contributed by atoms with E-state index >= 15 is 0 Å². The molecule has 0 aliphatic carbocycles. The molecule has 70 valence electrons. The summed E-state index contributed by atoms with van der Waals surface area (Å²) in [6.45, 7) is 1.33. The van der Waals surface area contributed by atoms with Crippen molar-refractivity contribution in [2.75, 3.05) is 18.4 Å². The van der Waals surface area contributed by atoms with Gasteiger partial charge >= 0.3 is 0 Å². The van der Waals surface area contributed by atoms with Crippen LogP contribution in [-0.2, 0) is 11.5 Å². The van der Waals surface area contributed by atoms with Gasteiger partial charge in [0, 0.05) is 36.4 Å². The van der Waals surface area contributed by atoms with Crippen LogP contribution in [0.15, 0.2) is 6.20 Å². The first-order chi connectivity index (χ1) is 6.40. The Balaban J connectivity index is 2.12. The van der Waals surface area contributed by atoms with Gasteiger partial charge in [-0.15, -0.1) is 0 Å². The molecule has 1 aliphatic heterocycles. The van der Waals surface area contributed by atoms with Crippen molar-refractivity contribution in [2.24, 2.45) is 5.73 Å². The highest BCUT2D eigenvalue weighted by Gasteiger charge is 2.13. The molecule has 0 saturated heterocycles. The topological polar surface area (TPSA) is 63.8 Å². The average molecular weight is 196 g/mol. The van der Waals surface area contributed by atoms with E-state index in [9.17, 15) is 0 Å². The van der Waals surface area contributed by atoms with Crippen LogP contribution in [0.2, 0.25) is 0 Å². The molecule has 0 aromatic carbocycles. The summed E-state index contributed by atoms with van der Waals surface area (Å²) in [5, 5.41) is 3.07. The predicted octanol–water partition coefficient (Wildman–Crippen LogP) is 0.594. The molecule has 0 amide bonds. The number of nitrogens with one attached hydrogen (secondary N) is 1. The van der Waals surface area contributed by atoms with Gasteiger partial charge in [0.15, 0.2) is 0 Å². The van der Waals surface area contributed by atoms with Crippen molar-refractivity contribution in [2.45, 2.75) is 11.5 Å². The van der Waals surface area contributed by atoms with E-state index in [4.69, 9.17) is 5.73 Å². The Morgan fingerprint density at radius 1 is 1.54 bits per heavy atom. The molecule has 13 heavy (non-hydrogen) atoms. The Morgan fingerprint density at radius 2 is 2.46 bits per heavy atom. The monoisotopic (exact) mass is 196 g/mol. The van der Waals surface area contributed by atoms with E-state index in [1.165, 1.54) is 11.3 Å². The Kier molecular flexibility index (Phi) is 2.65. The number of rotatable bonds is 3. The molecular weight excluding hydrogens is 184 g/mol. The molecule has 1 aromatic heterocycles. The standard InChI is InChI=1S/C8H12N4S/c9-1-2-10-8-11-3-6-4-13-5-7(6)12-8/h3H,1-2,4-5,9H2,(H,10,11,12). The Hall–Kier alpha value is -0.810. The number of hydrogen-bond donors (Lipinski definition) is 2. The fraction of sp³-hybridized carbons (Fsp3) is 0.500. The lowest BCUT2D eigenvalue weighted by Crippen LogP contribution is -2.15. The van der Waals surface area contributed by atoms with Crippen LogP contribution in [0.25, 0.3) is 0 Å². The highest BCUT2D eigenvalue weighted by molar-refractivity contribution is 7.98. The average Bonchev–Trinajstić information content (AvgIpc) is 2.61. The van der Waals surface area contributed by atoms with Gasteiger partial charge in [-0.05, 0) is 0 Å². The summed E-state index contributed by atoms with van der Waals surface area (Å²) >= 11 is 1.88. The summed E-state index contributed by atoms with van der Waals surface area (Å²) in [6.07, 6.45) is 1.90. The third-order valence-electron chi connectivity index (χ3n) is 1.88. The van der Waals surface area contributed by atoms with E-state index in [0.29, 0.717) is 12.5 Å². The molecular formula is C8H12N4S. The Bertz CT molecular complexity index is 302. The van der Waals surface area contributed by atoms with Gasteiger partial charge in [-0.1, -0.05) is 0 Å². The number of aromatic nitrogens is 2. The molecule has 0 bridgehead atoms. The lowest BCUT2D eigenvalue weighted by atomic mass is 10.3. The van der Waals surface area contributed by atoms with Crippen molar-refractivity contribution in [3.8, 4) is 0 Å². The number of hydrogen-bond acceptors (Lipinski definition) is 5. The summed E-state index contributed by atoms with van der Waals surface area (Å²) in [5.74, 6) is 2.76. The highest BCUT2D eigenvalue weighted by atomic mass is 32.2. The van der Waals surface area contributed by atoms with Crippen LogP contribution in [0.4, 0.5) is 5.95 Å². The molecule has 0 saturated carbocycles. The van der Waals surface area contributed by atoms with Gasteiger partial charge in [-0.3, -0.25) is 0 Å². The summed E-state index contributed by atoms with van der Waals surface area (Å²) in [7, 11) is 0. The van der Waals surface area contributed by atoms with Crippen LogP contribution in [0.3, 0.4) is 0 Å². The first-order valence-corrected chi connectivity index (χ1v) is 5.42. The minimum absolute atomic E-state index is 0.606. The molecule has 4 nitrogen and oxygen atoms in total. The molecule has 0 fully saturated rings. The fourth-order valence-electron chi connectivity index (χ4n) is 1.21. The molecule has 0 atom stereocenters. The van der Waals surface area contributed by atoms with Gasteiger partial charge in [-0.2, -0.15) is 11.8 Å². The van der Waals surface area contributed by atoms with Gasteiger partial charge in [0.05, 0.1) is 5.69 Å². The zero-order chi connectivity index (χ0) is 9.10. The second-order valence-electron chi connectivity index (χ2n) is 2.87. The molecule has 2 rings (SSSR count). The minimum atomic E-state index is 0.606. The first-order valence-electron chi connectivity index (χ1n) is 4.26. The molecule has 2 heterocycles. The zero-order valence-corrected chi connectivity index (χ0v) is 8.10. The van der Waals surface area contributed by atoms with Crippen LogP contribution < -0.4 is 11.1 Å². The third kappa shape index (κ3) is 1.92. The fourth-order valence-corrected chi connectivity index (χ4v) is 2.22.